The lowest BCUT2D eigenvalue weighted by Crippen LogP contribution is -2.33. The Balaban J connectivity index is 2.70. The van der Waals surface area contributed by atoms with Gasteiger partial charge in [0, 0.05) is 5.69 Å². The SMILES string of the molecule is CCNC(C)Nc1cc(C)ccc1C. The van der Waals surface area contributed by atoms with Gasteiger partial charge in [-0.05, 0) is 44.5 Å². The molecule has 2 nitrogen and oxygen atoms in total. The molecule has 1 unspecified atom stereocenters. The summed E-state index contributed by atoms with van der Waals surface area (Å²) >= 11 is 0. The molecular formula is C12H20N2. The summed E-state index contributed by atoms with van der Waals surface area (Å²) in [5.74, 6) is 0. The average Bonchev–Trinajstić information content (AvgIpc) is 2.12. The fourth-order valence-corrected chi connectivity index (χ4v) is 1.48. The number of hydrogen-bond acceptors (Lipinski definition) is 2. The van der Waals surface area contributed by atoms with Crippen molar-refractivity contribution < 1.29 is 0 Å². The molecule has 1 aromatic rings. The fraction of sp³-hybridized carbons (Fsp3) is 0.500. The molecule has 0 heterocycles. The summed E-state index contributed by atoms with van der Waals surface area (Å²) in [5.41, 5.74) is 3.81. The van der Waals surface area contributed by atoms with E-state index in [9.17, 15) is 0 Å². The Morgan fingerprint density at radius 1 is 1.29 bits per heavy atom. The van der Waals surface area contributed by atoms with E-state index in [0.29, 0.717) is 6.17 Å². The van der Waals surface area contributed by atoms with E-state index in [2.05, 4.69) is 56.5 Å². The highest BCUT2D eigenvalue weighted by atomic mass is 15.1. The Hall–Kier alpha value is -1.02. The van der Waals surface area contributed by atoms with Gasteiger partial charge in [0.25, 0.3) is 0 Å². The van der Waals surface area contributed by atoms with Gasteiger partial charge in [0.2, 0.25) is 0 Å². The van der Waals surface area contributed by atoms with E-state index in [0.717, 1.165) is 6.54 Å². The molecule has 0 aromatic heterocycles. The highest BCUT2D eigenvalue weighted by Crippen LogP contribution is 2.16. The second-order valence-electron chi connectivity index (χ2n) is 3.74. The quantitative estimate of drug-likeness (QED) is 0.717. The van der Waals surface area contributed by atoms with Gasteiger partial charge < -0.3 is 5.32 Å². The van der Waals surface area contributed by atoms with Crippen LogP contribution in [-0.4, -0.2) is 12.7 Å². The lowest BCUT2D eigenvalue weighted by atomic mass is 10.1. The summed E-state index contributed by atoms with van der Waals surface area (Å²) in [5, 5.41) is 6.77. The predicted octanol–water partition coefficient (Wildman–Crippen LogP) is 2.67. The number of anilines is 1. The van der Waals surface area contributed by atoms with Crippen LogP contribution in [0.15, 0.2) is 18.2 Å². The van der Waals surface area contributed by atoms with Gasteiger partial charge in [0.1, 0.15) is 0 Å². The molecule has 0 aliphatic rings. The molecule has 0 saturated carbocycles. The summed E-state index contributed by atoms with van der Waals surface area (Å²) in [7, 11) is 0. The second kappa shape index (κ2) is 5.01. The van der Waals surface area contributed by atoms with Crippen LogP contribution in [0, 0.1) is 13.8 Å². The third kappa shape index (κ3) is 3.04. The zero-order valence-corrected chi connectivity index (χ0v) is 9.52. The van der Waals surface area contributed by atoms with Crippen molar-refractivity contribution in [3.8, 4) is 0 Å². The summed E-state index contributed by atoms with van der Waals surface area (Å²) in [6, 6.07) is 6.47. The van der Waals surface area contributed by atoms with Crippen molar-refractivity contribution in [3.63, 3.8) is 0 Å². The average molecular weight is 192 g/mol. The third-order valence-corrected chi connectivity index (χ3v) is 2.28. The van der Waals surface area contributed by atoms with Crippen LogP contribution in [0.4, 0.5) is 5.69 Å². The largest absolute Gasteiger partial charge is 0.370 e. The Morgan fingerprint density at radius 2 is 2.00 bits per heavy atom. The monoisotopic (exact) mass is 192 g/mol. The number of benzene rings is 1. The Bertz CT molecular complexity index is 294. The van der Waals surface area contributed by atoms with Gasteiger partial charge >= 0.3 is 0 Å². The van der Waals surface area contributed by atoms with E-state index in [-0.39, 0.29) is 0 Å². The van der Waals surface area contributed by atoms with Crippen molar-refractivity contribution in [2.45, 2.75) is 33.9 Å². The standard InChI is InChI=1S/C12H20N2/c1-5-13-11(4)14-12-8-9(2)6-7-10(12)3/h6-8,11,13-14H,5H2,1-4H3. The molecule has 0 fully saturated rings. The van der Waals surface area contributed by atoms with Crippen LogP contribution in [0.25, 0.3) is 0 Å². The maximum Gasteiger partial charge on any atom is 0.0739 e. The van der Waals surface area contributed by atoms with Gasteiger partial charge in [-0.15, -0.1) is 0 Å². The summed E-state index contributed by atoms with van der Waals surface area (Å²) in [6.45, 7) is 9.47. The van der Waals surface area contributed by atoms with Crippen LogP contribution < -0.4 is 10.6 Å². The zero-order chi connectivity index (χ0) is 10.6. The van der Waals surface area contributed by atoms with E-state index in [1.807, 2.05) is 0 Å². The van der Waals surface area contributed by atoms with Crippen molar-refractivity contribution in [1.82, 2.24) is 5.32 Å². The van der Waals surface area contributed by atoms with E-state index in [1.165, 1.54) is 16.8 Å². The second-order valence-corrected chi connectivity index (χ2v) is 3.74. The van der Waals surface area contributed by atoms with Crippen LogP contribution >= 0.6 is 0 Å². The van der Waals surface area contributed by atoms with Crippen molar-refractivity contribution in [3.05, 3.63) is 29.3 Å². The minimum absolute atomic E-state index is 0.320. The van der Waals surface area contributed by atoms with Crippen LogP contribution in [0.2, 0.25) is 0 Å². The molecule has 0 saturated heterocycles. The molecule has 1 atom stereocenters. The Morgan fingerprint density at radius 3 is 2.64 bits per heavy atom. The fourth-order valence-electron chi connectivity index (χ4n) is 1.48. The molecule has 2 N–H and O–H groups in total. The van der Waals surface area contributed by atoms with Crippen LogP contribution in [-0.2, 0) is 0 Å². The lowest BCUT2D eigenvalue weighted by Gasteiger charge is -2.17. The molecule has 78 valence electrons. The first-order valence-electron chi connectivity index (χ1n) is 5.20. The predicted molar refractivity (Wildman–Crippen MR) is 62.7 cm³/mol. The molecule has 0 aliphatic carbocycles. The minimum atomic E-state index is 0.320. The molecule has 1 aromatic carbocycles. The van der Waals surface area contributed by atoms with Gasteiger partial charge in [-0.1, -0.05) is 19.1 Å². The van der Waals surface area contributed by atoms with E-state index in [4.69, 9.17) is 0 Å². The van der Waals surface area contributed by atoms with Gasteiger partial charge in [-0.25, -0.2) is 0 Å². The lowest BCUT2D eigenvalue weighted by molar-refractivity contribution is 0.624. The van der Waals surface area contributed by atoms with E-state index < -0.39 is 0 Å². The molecule has 0 radical (unpaired) electrons. The van der Waals surface area contributed by atoms with E-state index in [1.54, 1.807) is 0 Å². The molecule has 14 heavy (non-hydrogen) atoms. The topological polar surface area (TPSA) is 24.1 Å². The Labute approximate surface area is 86.7 Å². The molecule has 2 heteroatoms. The van der Waals surface area contributed by atoms with Gasteiger partial charge in [0.05, 0.1) is 6.17 Å². The molecule has 0 bridgehead atoms. The first-order chi connectivity index (χ1) is 6.63. The molecular weight excluding hydrogens is 172 g/mol. The Kier molecular flexibility index (Phi) is 3.96. The molecule has 0 aliphatic heterocycles. The first kappa shape index (κ1) is 11.1. The van der Waals surface area contributed by atoms with E-state index >= 15 is 0 Å². The van der Waals surface area contributed by atoms with Gasteiger partial charge in [0.15, 0.2) is 0 Å². The zero-order valence-electron chi connectivity index (χ0n) is 9.52. The summed E-state index contributed by atoms with van der Waals surface area (Å²) in [6.07, 6.45) is 0.320. The number of hydrogen-bond donors (Lipinski definition) is 2. The van der Waals surface area contributed by atoms with Crippen LogP contribution in [0.3, 0.4) is 0 Å². The molecule has 1 rings (SSSR count). The highest BCUT2D eigenvalue weighted by molar-refractivity contribution is 5.52. The van der Waals surface area contributed by atoms with Crippen LogP contribution in [0.5, 0.6) is 0 Å². The maximum atomic E-state index is 3.44. The number of aryl methyl sites for hydroxylation is 2. The minimum Gasteiger partial charge on any atom is -0.370 e. The third-order valence-electron chi connectivity index (χ3n) is 2.28. The summed E-state index contributed by atoms with van der Waals surface area (Å²) in [4.78, 5) is 0. The van der Waals surface area contributed by atoms with Gasteiger partial charge in [-0.2, -0.15) is 0 Å². The first-order valence-corrected chi connectivity index (χ1v) is 5.20. The van der Waals surface area contributed by atoms with Crippen molar-refractivity contribution in [2.24, 2.45) is 0 Å². The van der Waals surface area contributed by atoms with Gasteiger partial charge in [-0.3, -0.25) is 5.32 Å². The van der Waals surface area contributed by atoms with Crippen LogP contribution in [0.1, 0.15) is 25.0 Å². The van der Waals surface area contributed by atoms with Crippen molar-refractivity contribution in [2.75, 3.05) is 11.9 Å². The normalized spacial score (nSPS) is 12.6. The number of rotatable bonds is 4. The van der Waals surface area contributed by atoms with Crippen molar-refractivity contribution >= 4 is 5.69 Å². The molecule has 0 amide bonds. The number of nitrogens with one attached hydrogen (secondary N) is 2. The smallest absolute Gasteiger partial charge is 0.0739 e. The molecule has 0 spiro atoms. The van der Waals surface area contributed by atoms with Crippen molar-refractivity contribution in [1.29, 1.82) is 0 Å². The summed E-state index contributed by atoms with van der Waals surface area (Å²) < 4.78 is 0. The maximum absolute atomic E-state index is 3.44. The highest BCUT2D eigenvalue weighted by Gasteiger charge is 2.02.